The molecule has 2 nitrogen and oxygen atoms in total. The third-order valence-corrected chi connectivity index (χ3v) is 11.6. The lowest BCUT2D eigenvalue weighted by atomic mass is 9.97. The molecule has 0 unspecified atom stereocenters. The van der Waals surface area contributed by atoms with Crippen molar-refractivity contribution in [3.05, 3.63) is 35.4 Å². The molecule has 0 saturated heterocycles. The van der Waals surface area contributed by atoms with Gasteiger partial charge in [-0.3, -0.25) is 0 Å². The highest BCUT2D eigenvalue weighted by molar-refractivity contribution is 6.78. The summed E-state index contributed by atoms with van der Waals surface area (Å²) in [6.45, 7) is 21.8. The molecule has 0 atom stereocenters. The van der Waals surface area contributed by atoms with Crippen molar-refractivity contribution in [2.75, 3.05) is 0 Å². The fraction of sp³-hybridized carbons (Fsp3) is 0.636. The SMILES string of the molecule is C=CCCc1c(O[Si](C(C)C)(C(C)C)C(C)C)cc(C)c(CC)c1O. The molecular weight excluding hydrogens is 324 g/mol. The molecule has 1 aromatic carbocycles. The van der Waals surface area contributed by atoms with Crippen LogP contribution in [0.4, 0.5) is 0 Å². The number of phenolic OH excluding ortho intramolecular Hbond substituents is 1. The van der Waals surface area contributed by atoms with E-state index in [2.05, 4.69) is 68.0 Å². The number of aryl methyl sites for hydroxylation is 1. The van der Waals surface area contributed by atoms with Gasteiger partial charge in [0.2, 0.25) is 0 Å². The van der Waals surface area contributed by atoms with Gasteiger partial charge in [-0.05, 0) is 60.0 Å². The minimum absolute atomic E-state index is 0.429. The monoisotopic (exact) mass is 362 g/mol. The molecule has 0 aliphatic carbocycles. The lowest BCUT2D eigenvalue weighted by Crippen LogP contribution is -2.50. The van der Waals surface area contributed by atoms with Crippen LogP contribution in [0, 0.1) is 6.92 Å². The summed E-state index contributed by atoms with van der Waals surface area (Å²) < 4.78 is 6.92. The van der Waals surface area contributed by atoms with Crippen LogP contribution in [0.3, 0.4) is 0 Å². The van der Waals surface area contributed by atoms with E-state index in [1.165, 1.54) is 0 Å². The van der Waals surface area contributed by atoms with Gasteiger partial charge < -0.3 is 9.53 Å². The molecule has 1 rings (SSSR count). The molecule has 0 radical (unpaired) electrons. The lowest BCUT2D eigenvalue weighted by molar-refractivity contribution is 0.440. The second kappa shape index (κ2) is 8.93. The van der Waals surface area contributed by atoms with Gasteiger partial charge in [-0.25, -0.2) is 0 Å². The minimum Gasteiger partial charge on any atom is -0.542 e. The molecule has 1 N–H and O–H groups in total. The molecule has 0 heterocycles. The standard InChI is InChI=1S/C22H38O2Si/c1-10-12-13-20-21(14-18(9)19(11-2)22(20)23)24-25(15(3)4,16(5)6)17(7)8/h10,14-17,23H,1,11-13H2,2-9H3. The first-order chi connectivity index (χ1) is 11.6. The second-order valence-corrected chi connectivity index (χ2v) is 13.5. The molecule has 1 aromatic rings. The van der Waals surface area contributed by atoms with E-state index in [1.807, 2.05) is 6.08 Å². The van der Waals surface area contributed by atoms with Gasteiger partial charge in [0.05, 0.1) is 0 Å². The van der Waals surface area contributed by atoms with Gasteiger partial charge >= 0.3 is 0 Å². The molecule has 0 saturated carbocycles. The van der Waals surface area contributed by atoms with Gasteiger partial charge in [0.1, 0.15) is 11.5 Å². The Morgan fingerprint density at radius 3 is 2.00 bits per heavy atom. The van der Waals surface area contributed by atoms with Crippen LogP contribution in [-0.4, -0.2) is 13.4 Å². The highest BCUT2D eigenvalue weighted by atomic mass is 28.4. The number of benzene rings is 1. The maximum atomic E-state index is 10.9. The number of allylic oxidation sites excluding steroid dienone is 1. The highest BCUT2D eigenvalue weighted by Gasteiger charge is 2.47. The van der Waals surface area contributed by atoms with Crippen molar-refractivity contribution in [3.8, 4) is 11.5 Å². The molecule has 3 heteroatoms. The largest absolute Gasteiger partial charge is 0.542 e. The van der Waals surface area contributed by atoms with E-state index >= 15 is 0 Å². The molecule has 0 aromatic heterocycles. The molecule has 0 aliphatic rings. The third-order valence-electron chi connectivity index (χ3n) is 5.64. The van der Waals surface area contributed by atoms with Crippen molar-refractivity contribution in [3.63, 3.8) is 0 Å². The number of hydrogen-bond acceptors (Lipinski definition) is 2. The summed E-state index contributed by atoms with van der Waals surface area (Å²) >= 11 is 0. The van der Waals surface area contributed by atoms with Gasteiger partial charge in [-0.2, -0.15) is 0 Å². The zero-order valence-corrected chi connectivity index (χ0v) is 18.6. The summed E-state index contributed by atoms with van der Waals surface area (Å²) in [5, 5.41) is 10.9. The van der Waals surface area contributed by atoms with Gasteiger partial charge in [0, 0.05) is 5.56 Å². The maximum Gasteiger partial charge on any atom is 0.258 e. The van der Waals surface area contributed by atoms with E-state index < -0.39 is 8.32 Å². The number of rotatable bonds is 9. The van der Waals surface area contributed by atoms with Crippen molar-refractivity contribution in [1.82, 2.24) is 0 Å². The Balaban J connectivity index is 3.55. The average molecular weight is 363 g/mol. The fourth-order valence-corrected chi connectivity index (χ4v) is 9.70. The molecule has 0 bridgehead atoms. The molecule has 0 fully saturated rings. The van der Waals surface area contributed by atoms with Gasteiger partial charge in [-0.1, -0.05) is 54.5 Å². The van der Waals surface area contributed by atoms with E-state index in [0.717, 1.165) is 41.7 Å². The van der Waals surface area contributed by atoms with E-state index in [0.29, 0.717) is 22.4 Å². The van der Waals surface area contributed by atoms with Crippen molar-refractivity contribution >= 4 is 8.32 Å². The average Bonchev–Trinajstić information content (AvgIpc) is 2.51. The summed E-state index contributed by atoms with van der Waals surface area (Å²) in [5.41, 5.74) is 4.64. The summed E-state index contributed by atoms with van der Waals surface area (Å²) in [6.07, 6.45) is 4.36. The fourth-order valence-electron chi connectivity index (χ4n) is 4.43. The van der Waals surface area contributed by atoms with Gasteiger partial charge in [0.15, 0.2) is 0 Å². The summed E-state index contributed by atoms with van der Waals surface area (Å²) in [7, 11) is -2.05. The van der Waals surface area contributed by atoms with Crippen molar-refractivity contribution in [2.24, 2.45) is 0 Å². The molecule has 142 valence electrons. The maximum absolute atomic E-state index is 10.9. The van der Waals surface area contributed by atoms with Crippen LogP contribution < -0.4 is 4.43 Å². The smallest absolute Gasteiger partial charge is 0.258 e. The van der Waals surface area contributed by atoms with Gasteiger partial charge in [0.25, 0.3) is 8.32 Å². The number of aromatic hydroxyl groups is 1. The number of phenols is 1. The van der Waals surface area contributed by atoms with Crippen LogP contribution >= 0.6 is 0 Å². The lowest BCUT2D eigenvalue weighted by Gasteiger charge is -2.43. The van der Waals surface area contributed by atoms with Gasteiger partial charge in [-0.15, -0.1) is 6.58 Å². The Bertz CT molecular complexity index is 566. The van der Waals surface area contributed by atoms with E-state index in [9.17, 15) is 5.11 Å². The normalized spacial score (nSPS) is 12.3. The zero-order chi connectivity index (χ0) is 19.4. The van der Waals surface area contributed by atoms with Crippen molar-refractivity contribution < 1.29 is 9.53 Å². The van der Waals surface area contributed by atoms with Crippen LogP contribution in [-0.2, 0) is 12.8 Å². The molecule has 0 spiro atoms. The Morgan fingerprint density at radius 1 is 1.08 bits per heavy atom. The Morgan fingerprint density at radius 2 is 1.60 bits per heavy atom. The minimum atomic E-state index is -2.05. The summed E-state index contributed by atoms with van der Waals surface area (Å²) in [5.74, 6) is 1.33. The Kier molecular flexibility index (Phi) is 7.79. The first-order valence-electron chi connectivity index (χ1n) is 9.77. The first kappa shape index (κ1) is 21.8. The quantitative estimate of drug-likeness (QED) is 0.381. The zero-order valence-electron chi connectivity index (χ0n) is 17.6. The first-order valence-corrected chi connectivity index (χ1v) is 11.9. The Labute approximate surface area is 156 Å². The second-order valence-electron chi connectivity index (χ2n) is 8.10. The Hall–Kier alpha value is -1.22. The topological polar surface area (TPSA) is 29.5 Å². The highest BCUT2D eigenvalue weighted by Crippen LogP contribution is 2.45. The van der Waals surface area contributed by atoms with Crippen LogP contribution in [0.5, 0.6) is 11.5 Å². The molecule has 0 amide bonds. The van der Waals surface area contributed by atoms with Crippen molar-refractivity contribution in [1.29, 1.82) is 0 Å². The van der Waals surface area contributed by atoms with E-state index in [4.69, 9.17) is 4.43 Å². The third kappa shape index (κ3) is 4.31. The molecule has 0 aliphatic heterocycles. The summed E-state index contributed by atoms with van der Waals surface area (Å²) in [4.78, 5) is 0. The van der Waals surface area contributed by atoms with Crippen LogP contribution in [0.15, 0.2) is 18.7 Å². The van der Waals surface area contributed by atoms with Crippen LogP contribution in [0.1, 0.15) is 71.6 Å². The molecular formula is C22H38O2Si. The van der Waals surface area contributed by atoms with E-state index in [-0.39, 0.29) is 0 Å². The van der Waals surface area contributed by atoms with Crippen LogP contribution in [0.2, 0.25) is 16.6 Å². The number of hydrogen-bond donors (Lipinski definition) is 1. The predicted octanol–water partition coefficient (Wildman–Crippen LogP) is 6.94. The van der Waals surface area contributed by atoms with Crippen LogP contribution in [0.25, 0.3) is 0 Å². The predicted molar refractivity (Wildman–Crippen MR) is 112 cm³/mol. The van der Waals surface area contributed by atoms with Crippen molar-refractivity contribution in [2.45, 2.75) is 91.3 Å². The van der Waals surface area contributed by atoms with E-state index in [1.54, 1.807) is 0 Å². The summed E-state index contributed by atoms with van der Waals surface area (Å²) in [6, 6.07) is 2.16. The molecule has 25 heavy (non-hydrogen) atoms.